The highest BCUT2D eigenvalue weighted by molar-refractivity contribution is 5.73. The van der Waals surface area contributed by atoms with E-state index in [2.05, 4.69) is 16.9 Å². The second-order valence-electron chi connectivity index (χ2n) is 6.78. The molecule has 2 rings (SSSR count). The predicted molar refractivity (Wildman–Crippen MR) is 105 cm³/mol. The lowest BCUT2D eigenvalue weighted by atomic mass is 10.1. The lowest BCUT2D eigenvalue weighted by Crippen LogP contribution is -2.08. The summed E-state index contributed by atoms with van der Waals surface area (Å²) in [6, 6.07) is 4.55. The molecule has 0 spiro atoms. The second-order valence-corrected chi connectivity index (χ2v) is 6.78. The molecule has 4 nitrogen and oxygen atoms in total. The number of hydrogen-bond acceptors (Lipinski definition) is 4. The first-order valence-electron chi connectivity index (χ1n) is 9.95. The number of rotatable bonds is 11. The van der Waals surface area contributed by atoms with E-state index in [9.17, 15) is 9.18 Å². The van der Waals surface area contributed by atoms with Gasteiger partial charge in [-0.15, -0.1) is 0 Å². The van der Waals surface area contributed by atoms with Crippen molar-refractivity contribution in [3.63, 3.8) is 0 Å². The molecule has 0 bridgehead atoms. The number of aryl methyl sites for hydroxylation is 1. The monoisotopic (exact) mass is 372 g/mol. The quantitative estimate of drug-likeness (QED) is 0.280. The number of unbranched alkanes of at least 4 members (excludes halogenated alkanes) is 5. The maximum atomic E-state index is 14.2. The zero-order valence-electron chi connectivity index (χ0n) is 16.3. The first-order valence-corrected chi connectivity index (χ1v) is 9.95. The van der Waals surface area contributed by atoms with E-state index in [-0.39, 0.29) is 5.75 Å². The summed E-state index contributed by atoms with van der Waals surface area (Å²) < 4.78 is 19.3. The summed E-state index contributed by atoms with van der Waals surface area (Å²) >= 11 is 0. The fourth-order valence-corrected chi connectivity index (χ4v) is 2.78. The Morgan fingerprint density at radius 2 is 1.67 bits per heavy atom. The summed E-state index contributed by atoms with van der Waals surface area (Å²) in [6.07, 6.45) is 12.3. The molecule has 1 aromatic heterocycles. The molecule has 0 saturated heterocycles. The summed E-state index contributed by atoms with van der Waals surface area (Å²) in [5.74, 6) is -0.186. The van der Waals surface area contributed by atoms with Crippen LogP contribution in [0.1, 0.15) is 71.0 Å². The highest BCUT2D eigenvalue weighted by Crippen LogP contribution is 2.25. The Kier molecular flexibility index (Phi) is 8.89. The smallest absolute Gasteiger partial charge is 0.311 e. The van der Waals surface area contributed by atoms with E-state index in [1.165, 1.54) is 37.8 Å². The number of ether oxygens (including phenoxy) is 1. The van der Waals surface area contributed by atoms with E-state index >= 15 is 0 Å². The Bertz CT molecular complexity index is 717. The van der Waals surface area contributed by atoms with Gasteiger partial charge in [-0.1, -0.05) is 52.0 Å². The van der Waals surface area contributed by atoms with Gasteiger partial charge in [0.05, 0.1) is 0 Å². The number of carbonyl (C=O) groups is 1. The Hall–Kier alpha value is -2.30. The van der Waals surface area contributed by atoms with Crippen molar-refractivity contribution in [3.8, 4) is 16.9 Å². The van der Waals surface area contributed by atoms with E-state index in [1.54, 1.807) is 18.5 Å². The fourth-order valence-electron chi connectivity index (χ4n) is 2.78. The van der Waals surface area contributed by atoms with E-state index < -0.39 is 11.8 Å². The minimum absolute atomic E-state index is 0.0375. The van der Waals surface area contributed by atoms with Crippen LogP contribution in [0.15, 0.2) is 30.6 Å². The van der Waals surface area contributed by atoms with E-state index in [0.29, 0.717) is 12.0 Å². The van der Waals surface area contributed by atoms with Gasteiger partial charge in [0, 0.05) is 30.8 Å². The topological polar surface area (TPSA) is 52.1 Å². The molecular weight excluding hydrogens is 343 g/mol. The minimum Gasteiger partial charge on any atom is -0.423 e. The van der Waals surface area contributed by atoms with Crippen molar-refractivity contribution in [1.29, 1.82) is 0 Å². The molecule has 146 valence electrons. The molecule has 0 amide bonds. The van der Waals surface area contributed by atoms with Crippen LogP contribution in [-0.2, 0) is 11.2 Å². The van der Waals surface area contributed by atoms with Crippen LogP contribution >= 0.6 is 0 Å². The van der Waals surface area contributed by atoms with Gasteiger partial charge in [-0.3, -0.25) is 4.79 Å². The van der Waals surface area contributed by atoms with Gasteiger partial charge < -0.3 is 4.74 Å². The van der Waals surface area contributed by atoms with Gasteiger partial charge in [0.2, 0.25) is 0 Å². The van der Waals surface area contributed by atoms with Crippen LogP contribution in [0.25, 0.3) is 11.1 Å². The Morgan fingerprint density at radius 1 is 0.963 bits per heavy atom. The number of esters is 1. The highest BCUT2D eigenvalue weighted by atomic mass is 19.1. The molecule has 1 aromatic carbocycles. The lowest BCUT2D eigenvalue weighted by molar-refractivity contribution is -0.134. The number of benzene rings is 1. The molecular formula is C22H29FN2O2. The molecule has 0 fully saturated rings. The Balaban J connectivity index is 1.93. The first kappa shape index (κ1) is 21.0. The van der Waals surface area contributed by atoms with E-state index in [4.69, 9.17) is 4.74 Å². The van der Waals surface area contributed by atoms with E-state index in [0.717, 1.165) is 37.1 Å². The third-order valence-electron chi connectivity index (χ3n) is 4.43. The van der Waals surface area contributed by atoms with Gasteiger partial charge in [-0.25, -0.2) is 14.4 Å². The molecule has 0 N–H and O–H groups in total. The SMILES string of the molecule is CCCCCCCc1ncc(-c2ccc(OC(=O)CCCC)c(F)c2)cn1. The van der Waals surface area contributed by atoms with Gasteiger partial charge in [0.1, 0.15) is 5.82 Å². The van der Waals surface area contributed by atoms with Crippen molar-refractivity contribution in [3.05, 3.63) is 42.2 Å². The van der Waals surface area contributed by atoms with Crippen LogP contribution in [0.3, 0.4) is 0 Å². The number of hydrogen-bond donors (Lipinski definition) is 0. The van der Waals surface area contributed by atoms with Crippen LogP contribution < -0.4 is 4.74 Å². The van der Waals surface area contributed by atoms with Crippen molar-refractivity contribution in [2.45, 2.75) is 71.6 Å². The highest BCUT2D eigenvalue weighted by Gasteiger charge is 2.11. The molecule has 0 atom stereocenters. The largest absolute Gasteiger partial charge is 0.423 e. The minimum atomic E-state index is -0.558. The van der Waals surface area contributed by atoms with Crippen LogP contribution in [0.4, 0.5) is 4.39 Å². The van der Waals surface area contributed by atoms with Crippen LogP contribution in [0.5, 0.6) is 5.75 Å². The standard InChI is InChI=1S/C22H29FN2O2/c1-3-5-7-8-9-10-21-24-15-18(16-25-21)17-12-13-20(19(23)14-17)27-22(26)11-6-4-2/h12-16H,3-11H2,1-2H3. The fraction of sp³-hybridized carbons (Fsp3) is 0.500. The average molecular weight is 372 g/mol. The predicted octanol–water partition coefficient (Wildman–Crippen LogP) is 5.89. The molecule has 0 unspecified atom stereocenters. The zero-order valence-corrected chi connectivity index (χ0v) is 16.3. The van der Waals surface area contributed by atoms with Crippen molar-refractivity contribution >= 4 is 5.97 Å². The molecule has 0 aliphatic heterocycles. The van der Waals surface area contributed by atoms with Gasteiger partial charge in [-0.2, -0.15) is 0 Å². The van der Waals surface area contributed by atoms with Crippen molar-refractivity contribution < 1.29 is 13.9 Å². The van der Waals surface area contributed by atoms with E-state index in [1.807, 2.05) is 6.92 Å². The molecule has 27 heavy (non-hydrogen) atoms. The molecule has 5 heteroatoms. The Labute approximate surface area is 161 Å². The zero-order chi connectivity index (χ0) is 19.5. The number of halogens is 1. The van der Waals surface area contributed by atoms with Crippen LogP contribution in [-0.4, -0.2) is 15.9 Å². The van der Waals surface area contributed by atoms with Gasteiger partial charge in [0.25, 0.3) is 0 Å². The van der Waals surface area contributed by atoms with Crippen molar-refractivity contribution in [2.75, 3.05) is 0 Å². The maximum absolute atomic E-state index is 14.2. The summed E-state index contributed by atoms with van der Waals surface area (Å²) in [7, 11) is 0. The molecule has 0 saturated carbocycles. The van der Waals surface area contributed by atoms with Gasteiger partial charge in [-0.05, 0) is 30.5 Å². The summed E-state index contributed by atoms with van der Waals surface area (Å²) in [6.45, 7) is 4.19. The van der Waals surface area contributed by atoms with Crippen LogP contribution in [0.2, 0.25) is 0 Å². The molecule has 1 heterocycles. The summed E-state index contributed by atoms with van der Waals surface area (Å²) in [5.41, 5.74) is 1.41. The third-order valence-corrected chi connectivity index (χ3v) is 4.43. The normalized spacial score (nSPS) is 10.8. The van der Waals surface area contributed by atoms with Crippen molar-refractivity contribution in [1.82, 2.24) is 9.97 Å². The second kappa shape index (κ2) is 11.4. The number of aromatic nitrogens is 2. The molecule has 0 radical (unpaired) electrons. The average Bonchev–Trinajstić information content (AvgIpc) is 2.68. The molecule has 2 aromatic rings. The summed E-state index contributed by atoms with van der Waals surface area (Å²) in [4.78, 5) is 20.4. The van der Waals surface area contributed by atoms with Crippen LogP contribution in [0, 0.1) is 5.82 Å². The number of carbonyl (C=O) groups excluding carboxylic acids is 1. The maximum Gasteiger partial charge on any atom is 0.311 e. The Morgan fingerprint density at radius 3 is 2.33 bits per heavy atom. The summed E-state index contributed by atoms with van der Waals surface area (Å²) in [5, 5.41) is 0. The van der Waals surface area contributed by atoms with Gasteiger partial charge in [0.15, 0.2) is 11.6 Å². The van der Waals surface area contributed by atoms with Crippen molar-refractivity contribution in [2.24, 2.45) is 0 Å². The molecule has 0 aliphatic carbocycles. The number of nitrogens with zero attached hydrogens (tertiary/aromatic N) is 2. The molecule has 0 aliphatic rings. The third kappa shape index (κ3) is 7.08. The van der Waals surface area contributed by atoms with Gasteiger partial charge >= 0.3 is 5.97 Å². The lowest BCUT2D eigenvalue weighted by Gasteiger charge is -2.08. The first-order chi connectivity index (χ1) is 13.1.